The van der Waals surface area contributed by atoms with Gasteiger partial charge in [0.1, 0.15) is 11.4 Å². The fraction of sp³-hybridized carbons (Fsp3) is 0.625. The molecule has 0 radical (unpaired) electrons. The van der Waals surface area contributed by atoms with Gasteiger partial charge in [-0.15, -0.1) is 0 Å². The number of carbonyl (C=O) groups is 1. The Hall–Kier alpha value is -1.62. The van der Waals surface area contributed by atoms with Crippen molar-refractivity contribution in [3.05, 3.63) is 22.9 Å². The molecule has 2 rings (SSSR count). The smallest absolute Gasteiger partial charge is 0.339 e. The molecule has 1 unspecified atom stereocenters. The highest BCUT2D eigenvalue weighted by molar-refractivity contribution is 5.93. The third kappa shape index (κ3) is 3.94. The van der Waals surface area contributed by atoms with Crippen molar-refractivity contribution in [3.8, 4) is 0 Å². The minimum Gasteiger partial charge on any atom is -0.478 e. The number of hydrogen-bond donors (Lipinski definition) is 3. The van der Waals surface area contributed by atoms with E-state index in [1.165, 1.54) is 0 Å². The van der Waals surface area contributed by atoms with E-state index in [2.05, 4.69) is 17.2 Å². The van der Waals surface area contributed by atoms with E-state index in [0.717, 1.165) is 49.8 Å². The number of fused-ring (bicyclic) bond motifs is 1. The molecule has 3 N–H and O–H groups in total. The first-order valence-corrected chi connectivity index (χ1v) is 7.76. The number of rotatable bonds is 8. The van der Waals surface area contributed by atoms with Crippen LogP contribution in [0.3, 0.4) is 0 Å². The van der Waals surface area contributed by atoms with Crippen molar-refractivity contribution in [2.24, 2.45) is 5.92 Å². The van der Waals surface area contributed by atoms with Gasteiger partial charge >= 0.3 is 5.97 Å². The molecule has 0 bridgehead atoms. The number of carboxylic acid groups (broad SMARTS) is 1. The predicted octanol–water partition coefficient (Wildman–Crippen LogP) is 2.48. The van der Waals surface area contributed by atoms with Gasteiger partial charge in [0.2, 0.25) is 0 Å². The molecule has 1 atom stereocenters. The average Bonchev–Trinajstić information content (AvgIpc) is 2.91. The van der Waals surface area contributed by atoms with Gasteiger partial charge in [-0.1, -0.05) is 13.3 Å². The number of pyridine rings is 1. The third-order valence-corrected chi connectivity index (χ3v) is 4.07. The number of aromatic carboxylic acids is 1. The number of aliphatic hydroxyl groups is 1. The summed E-state index contributed by atoms with van der Waals surface area (Å²) in [5, 5.41) is 21.6. The van der Waals surface area contributed by atoms with Crippen molar-refractivity contribution >= 4 is 11.8 Å². The van der Waals surface area contributed by atoms with Crippen LogP contribution in [0.1, 0.15) is 54.2 Å². The van der Waals surface area contributed by atoms with Crippen LogP contribution in [0.2, 0.25) is 0 Å². The highest BCUT2D eigenvalue weighted by Gasteiger charge is 2.20. The number of nitrogens with zero attached hydrogens (tertiary/aromatic N) is 1. The van der Waals surface area contributed by atoms with Gasteiger partial charge in [0.05, 0.1) is 0 Å². The van der Waals surface area contributed by atoms with Gasteiger partial charge in [0, 0.05) is 18.8 Å². The van der Waals surface area contributed by atoms with Crippen LogP contribution in [0, 0.1) is 5.92 Å². The standard InChI is InChI=1S/C16H24N2O3/c1-2-4-11(7-8-19)10-17-15-13(16(20)21)9-12-5-3-6-14(12)18-15/h9,11,19H,2-8,10H2,1H3,(H,17,18)(H,20,21). The molecule has 116 valence electrons. The van der Waals surface area contributed by atoms with Gasteiger partial charge in [0.25, 0.3) is 0 Å². The Morgan fingerprint density at radius 3 is 2.90 bits per heavy atom. The minimum atomic E-state index is -0.936. The summed E-state index contributed by atoms with van der Waals surface area (Å²) in [5.74, 6) is -0.118. The molecule has 1 aromatic heterocycles. The van der Waals surface area contributed by atoms with Gasteiger partial charge in [0.15, 0.2) is 0 Å². The van der Waals surface area contributed by atoms with Gasteiger partial charge in [-0.2, -0.15) is 0 Å². The first kappa shape index (κ1) is 15.8. The second-order valence-electron chi connectivity index (χ2n) is 5.70. The zero-order valence-electron chi connectivity index (χ0n) is 12.6. The van der Waals surface area contributed by atoms with E-state index in [-0.39, 0.29) is 12.2 Å². The van der Waals surface area contributed by atoms with E-state index in [4.69, 9.17) is 5.11 Å². The van der Waals surface area contributed by atoms with Gasteiger partial charge in [-0.3, -0.25) is 0 Å². The molecule has 5 nitrogen and oxygen atoms in total. The second-order valence-corrected chi connectivity index (χ2v) is 5.70. The maximum absolute atomic E-state index is 11.4. The van der Waals surface area contributed by atoms with E-state index in [1.807, 2.05) is 0 Å². The first-order chi connectivity index (χ1) is 10.2. The summed E-state index contributed by atoms with van der Waals surface area (Å²) in [6.45, 7) is 2.93. The number of hydrogen-bond acceptors (Lipinski definition) is 4. The summed E-state index contributed by atoms with van der Waals surface area (Å²) in [6, 6.07) is 1.76. The summed E-state index contributed by atoms with van der Waals surface area (Å²) in [4.78, 5) is 15.9. The molecule has 0 amide bonds. The molecule has 0 fully saturated rings. The lowest BCUT2D eigenvalue weighted by Crippen LogP contribution is -2.18. The Bertz CT molecular complexity index is 497. The first-order valence-electron chi connectivity index (χ1n) is 7.76. The largest absolute Gasteiger partial charge is 0.478 e. The van der Waals surface area contributed by atoms with E-state index < -0.39 is 5.97 Å². The number of aromatic nitrogens is 1. The van der Waals surface area contributed by atoms with Crippen LogP contribution in [0.4, 0.5) is 5.82 Å². The number of aryl methyl sites for hydroxylation is 2. The van der Waals surface area contributed by atoms with Crippen LogP contribution in [-0.4, -0.2) is 34.3 Å². The topological polar surface area (TPSA) is 82.5 Å². The Morgan fingerprint density at radius 1 is 1.43 bits per heavy atom. The van der Waals surface area contributed by atoms with Gasteiger partial charge < -0.3 is 15.5 Å². The lowest BCUT2D eigenvalue weighted by Gasteiger charge is -2.17. The second kappa shape index (κ2) is 7.41. The van der Waals surface area contributed by atoms with E-state index >= 15 is 0 Å². The Balaban J connectivity index is 2.12. The highest BCUT2D eigenvalue weighted by Crippen LogP contribution is 2.26. The van der Waals surface area contributed by atoms with Crippen molar-refractivity contribution < 1.29 is 15.0 Å². The van der Waals surface area contributed by atoms with E-state index in [9.17, 15) is 9.90 Å². The van der Waals surface area contributed by atoms with Crippen molar-refractivity contribution in [2.45, 2.75) is 45.4 Å². The fourth-order valence-electron chi connectivity index (χ4n) is 2.95. The number of anilines is 1. The Kier molecular flexibility index (Phi) is 5.56. The molecule has 21 heavy (non-hydrogen) atoms. The van der Waals surface area contributed by atoms with Crippen molar-refractivity contribution in [3.63, 3.8) is 0 Å². The van der Waals surface area contributed by atoms with E-state index in [0.29, 0.717) is 18.3 Å². The van der Waals surface area contributed by atoms with Crippen LogP contribution in [0.5, 0.6) is 0 Å². The lowest BCUT2D eigenvalue weighted by molar-refractivity contribution is 0.0697. The molecule has 0 aromatic carbocycles. The SMILES string of the molecule is CCCC(CCO)CNc1nc2c(cc1C(=O)O)CCC2. The zero-order valence-corrected chi connectivity index (χ0v) is 12.6. The normalized spacial score (nSPS) is 14.8. The predicted molar refractivity (Wildman–Crippen MR) is 81.8 cm³/mol. The van der Waals surface area contributed by atoms with Gasteiger partial charge in [-0.05, 0) is 49.7 Å². The maximum Gasteiger partial charge on any atom is 0.339 e. The maximum atomic E-state index is 11.4. The Labute approximate surface area is 125 Å². The molecule has 1 heterocycles. The molecule has 0 aliphatic heterocycles. The summed E-state index contributed by atoms with van der Waals surface area (Å²) in [6.07, 6.45) is 5.70. The molecular formula is C16H24N2O3. The average molecular weight is 292 g/mol. The molecule has 0 spiro atoms. The van der Waals surface area contributed by atoms with Crippen molar-refractivity contribution in [2.75, 3.05) is 18.5 Å². The molecule has 5 heteroatoms. The Morgan fingerprint density at radius 2 is 2.24 bits per heavy atom. The summed E-state index contributed by atoms with van der Waals surface area (Å²) in [7, 11) is 0. The number of nitrogens with one attached hydrogen (secondary N) is 1. The lowest BCUT2D eigenvalue weighted by atomic mass is 10.00. The summed E-state index contributed by atoms with van der Waals surface area (Å²) in [5.41, 5.74) is 2.35. The van der Waals surface area contributed by atoms with Crippen LogP contribution in [0.15, 0.2) is 6.07 Å². The summed E-state index contributed by atoms with van der Waals surface area (Å²) < 4.78 is 0. The monoisotopic (exact) mass is 292 g/mol. The fourth-order valence-corrected chi connectivity index (χ4v) is 2.95. The van der Waals surface area contributed by atoms with Crippen molar-refractivity contribution in [1.82, 2.24) is 4.98 Å². The van der Waals surface area contributed by atoms with Crippen LogP contribution < -0.4 is 5.32 Å². The van der Waals surface area contributed by atoms with Gasteiger partial charge in [-0.25, -0.2) is 9.78 Å². The zero-order chi connectivity index (χ0) is 15.2. The van der Waals surface area contributed by atoms with Crippen molar-refractivity contribution in [1.29, 1.82) is 0 Å². The number of carboxylic acids is 1. The molecule has 1 aliphatic carbocycles. The molecule has 0 saturated carbocycles. The molecular weight excluding hydrogens is 268 g/mol. The van der Waals surface area contributed by atoms with E-state index in [1.54, 1.807) is 6.07 Å². The molecule has 1 aromatic rings. The van der Waals surface area contributed by atoms with Crippen LogP contribution in [-0.2, 0) is 12.8 Å². The van der Waals surface area contributed by atoms with Crippen LogP contribution >= 0.6 is 0 Å². The highest BCUT2D eigenvalue weighted by atomic mass is 16.4. The minimum absolute atomic E-state index is 0.162. The summed E-state index contributed by atoms with van der Waals surface area (Å²) >= 11 is 0. The number of aliphatic hydroxyl groups excluding tert-OH is 1. The quantitative estimate of drug-likeness (QED) is 0.685. The molecule has 1 aliphatic rings. The third-order valence-electron chi connectivity index (χ3n) is 4.07. The molecule has 0 saturated heterocycles. The van der Waals surface area contributed by atoms with Crippen LogP contribution in [0.25, 0.3) is 0 Å².